The average Bonchev–Trinajstić information content (AvgIpc) is 3.97. The number of nitrogens with zero attached hydrogens (tertiary/aromatic N) is 4. The van der Waals surface area contributed by atoms with E-state index in [-0.39, 0.29) is 11.1 Å². The van der Waals surface area contributed by atoms with Gasteiger partial charge in [0.2, 0.25) is 0 Å². The summed E-state index contributed by atoms with van der Waals surface area (Å²) in [4.78, 5) is 37.3. The molecule has 0 atom stereocenters. The molecule has 0 N–H and O–H groups in total. The highest BCUT2D eigenvalue weighted by atomic mass is 16.1. The van der Waals surface area contributed by atoms with E-state index in [2.05, 4.69) is 121 Å². The molecule has 0 radical (unpaired) electrons. The summed E-state index contributed by atoms with van der Waals surface area (Å²) in [7, 11) is 0. The molecule has 308 valence electrons. The molecule has 4 heterocycles. The number of benzene rings is 10. The maximum Gasteiger partial charge on any atom is 0.264 e. The molecule has 6 nitrogen and oxygen atoms in total. The summed E-state index contributed by atoms with van der Waals surface area (Å²) in [5.41, 5.74) is 13.6. The molecule has 66 heavy (non-hydrogen) atoms. The Balaban J connectivity index is 0.000000132. The lowest BCUT2D eigenvalue weighted by Crippen LogP contribution is -2.13. The Hall–Kier alpha value is -9.00. The lowest BCUT2D eigenvalue weighted by atomic mass is 9.94. The molecule has 0 saturated carbocycles. The van der Waals surface area contributed by atoms with Crippen LogP contribution in [0, 0.1) is 0 Å². The fourth-order valence-corrected chi connectivity index (χ4v) is 10.1. The smallest absolute Gasteiger partial charge is 0.264 e. The zero-order chi connectivity index (χ0) is 43.9. The van der Waals surface area contributed by atoms with Gasteiger partial charge in [-0.25, -0.2) is 9.97 Å². The maximum absolute atomic E-state index is 13.8. The topological polar surface area (TPSA) is 68.7 Å². The minimum Gasteiger partial charge on any atom is -0.268 e. The summed E-state index contributed by atoms with van der Waals surface area (Å²) >= 11 is 0. The van der Waals surface area contributed by atoms with E-state index in [1.165, 1.54) is 0 Å². The Morgan fingerprint density at radius 1 is 0.288 bits per heavy atom. The zero-order valence-electron chi connectivity index (χ0n) is 35.4. The zero-order valence-corrected chi connectivity index (χ0v) is 35.4. The van der Waals surface area contributed by atoms with Gasteiger partial charge < -0.3 is 0 Å². The quantitative estimate of drug-likeness (QED) is 0.177. The third kappa shape index (κ3) is 5.75. The van der Waals surface area contributed by atoms with Crippen LogP contribution in [0.15, 0.2) is 228 Å². The van der Waals surface area contributed by atoms with Crippen molar-refractivity contribution in [1.82, 2.24) is 18.8 Å². The number of hydrogen-bond donors (Lipinski definition) is 0. The first-order chi connectivity index (χ1) is 32.6. The van der Waals surface area contributed by atoms with E-state index in [0.29, 0.717) is 11.3 Å². The van der Waals surface area contributed by atoms with Gasteiger partial charge in [-0.15, -0.1) is 0 Å². The number of aromatic nitrogens is 4. The fourth-order valence-electron chi connectivity index (χ4n) is 10.1. The molecule has 0 spiro atoms. The van der Waals surface area contributed by atoms with Crippen LogP contribution < -0.4 is 11.1 Å². The molecule has 0 unspecified atom stereocenters. The van der Waals surface area contributed by atoms with Gasteiger partial charge in [-0.3, -0.25) is 18.4 Å². The summed E-state index contributed by atoms with van der Waals surface area (Å²) < 4.78 is 3.55. The molecule has 0 aliphatic rings. The van der Waals surface area contributed by atoms with Crippen LogP contribution in [0.4, 0.5) is 0 Å². The molecule has 6 heteroatoms. The van der Waals surface area contributed by atoms with Crippen LogP contribution in [0.1, 0.15) is 0 Å². The first-order valence-corrected chi connectivity index (χ1v) is 22.1. The maximum atomic E-state index is 13.8. The highest BCUT2D eigenvalue weighted by Gasteiger charge is 2.20. The summed E-state index contributed by atoms with van der Waals surface area (Å²) in [6.07, 6.45) is 0. The SMILES string of the molecule is O=c1c2ccc(-c3ccccc3)c3cccc(c32)c2nc3cc(-c4ccccc4)ccc3n12.O=c1c2ccc(-c3ccccc3)c3cccc(c32)c2nc3ccc(-c4ccccc4)cc3n12. The molecule has 0 fully saturated rings. The summed E-state index contributed by atoms with van der Waals surface area (Å²) in [5, 5.41) is 7.55. The first-order valence-electron chi connectivity index (χ1n) is 22.1. The van der Waals surface area contributed by atoms with Gasteiger partial charge in [0.1, 0.15) is 11.3 Å². The lowest BCUT2D eigenvalue weighted by molar-refractivity contribution is 1.19. The van der Waals surface area contributed by atoms with Crippen molar-refractivity contribution in [3.05, 3.63) is 239 Å². The van der Waals surface area contributed by atoms with Gasteiger partial charge >= 0.3 is 0 Å². The molecular weight excluding hydrogens is 809 g/mol. The second kappa shape index (κ2) is 14.8. The molecular formula is C60H36N4O2. The van der Waals surface area contributed by atoms with Crippen LogP contribution in [0.2, 0.25) is 0 Å². The van der Waals surface area contributed by atoms with E-state index in [1.807, 2.05) is 97.1 Å². The molecule has 0 bridgehead atoms. The van der Waals surface area contributed by atoms with Gasteiger partial charge in [-0.2, -0.15) is 0 Å². The molecule has 10 aromatic carbocycles. The first kappa shape index (κ1) is 37.5. The number of rotatable bonds is 4. The van der Waals surface area contributed by atoms with Gasteiger partial charge in [0.15, 0.2) is 0 Å². The molecule has 0 aliphatic carbocycles. The molecule has 14 rings (SSSR count). The van der Waals surface area contributed by atoms with Crippen molar-refractivity contribution in [2.45, 2.75) is 0 Å². The number of pyridine rings is 2. The van der Waals surface area contributed by atoms with Crippen molar-refractivity contribution < 1.29 is 0 Å². The number of imidazole rings is 2. The molecule has 4 aromatic heterocycles. The van der Waals surface area contributed by atoms with Gasteiger partial charge in [-0.05, 0) is 91.7 Å². The Labute approximate surface area is 377 Å². The van der Waals surface area contributed by atoms with Crippen LogP contribution in [0.3, 0.4) is 0 Å². The van der Waals surface area contributed by atoms with Gasteiger partial charge in [0.05, 0.1) is 22.1 Å². The Kier molecular flexibility index (Phi) is 8.42. The van der Waals surface area contributed by atoms with E-state index >= 15 is 0 Å². The van der Waals surface area contributed by atoms with Gasteiger partial charge in [0, 0.05) is 32.3 Å². The molecule has 14 aromatic rings. The number of hydrogen-bond acceptors (Lipinski definition) is 4. The van der Waals surface area contributed by atoms with Crippen molar-refractivity contribution >= 4 is 76.5 Å². The van der Waals surface area contributed by atoms with E-state index in [9.17, 15) is 9.59 Å². The predicted molar refractivity (Wildman–Crippen MR) is 272 cm³/mol. The van der Waals surface area contributed by atoms with Crippen LogP contribution in [0.25, 0.3) is 121 Å². The third-order valence-corrected chi connectivity index (χ3v) is 13.1. The Morgan fingerprint density at radius 3 is 1.23 bits per heavy atom. The Bertz CT molecular complexity index is 4210. The van der Waals surface area contributed by atoms with Crippen LogP contribution in [0.5, 0.6) is 0 Å². The van der Waals surface area contributed by atoms with E-state index < -0.39 is 0 Å². The molecule has 0 aliphatic heterocycles. The lowest BCUT2D eigenvalue weighted by Gasteiger charge is -2.12. The van der Waals surface area contributed by atoms with Gasteiger partial charge in [0.25, 0.3) is 11.1 Å². The van der Waals surface area contributed by atoms with Crippen LogP contribution in [-0.2, 0) is 0 Å². The van der Waals surface area contributed by atoms with Crippen LogP contribution in [-0.4, -0.2) is 18.8 Å². The fraction of sp³-hybridized carbons (Fsp3) is 0. The minimum atomic E-state index is -0.0268. The van der Waals surface area contributed by atoms with E-state index in [4.69, 9.17) is 9.97 Å². The summed E-state index contributed by atoms with van der Waals surface area (Å²) in [6, 6.07) is 73.9. The third-order valence-electron chi connectivity index (χ3n) is 13.1. The predicted octanol–water partition coefficient (Wildman–Crippen LogP) is 13.9. The van der Waals surface area contributed by atoms with Gasteiger partial charge in [-0.1, -0.05) is 182 Å². The van der Waals surface area contributed by atoms with E-state index in [0.717, 1.165) is 110 Å². The van der Waals surface area contributed by atoms with Crippen molar-refractivity contribution in [3.63, 3.8) is 0 Å². The Morgan fingerprint density at radius 2 is 0.712 bits per heavy atom. The number of fused-ring (bicyclic) bond motifs is 8. The summed E-state index contributed by atoms with van der Waals surface area (Å²) in [6.45, 7) is 0. The van der Waals surface area contributed by atoms with Crippen molar-refractivity contribution in [2.75, 3.05) is 0 Å². The van der Waals surface area contributed by atoms with Crippen LogP contribution >= 0.6 is 0 Å². The summed E-state index contributed by atoms with van der Waals surface area (Å²) in [5.74, 6) is 0. The van der Waals surface area contributed by atoms with Crippen molar-refractivity contribution in [3.8, 4) is 44.5 Å². The second-order valence-electron chi connectivity index (χ2n) is 16.8. The standard InChI is InChI=1S/2C30H18N2O/c33-30-25-16-15-22(20-10-5-2-6-11-20)23-12-7-13-24(28(23)25)29-31-26-18-21(14-17-27(26)32(29)30)19-8-3-1-4-9-19;33-30-25-16-15-22(20-10-5-2-6-11-20)23-12-7-13-24(28(23)25)29-31-26-17-14-21(18-27(26)32(29)30)19-8-3-1-4-9-19/h2*1-18H. The van der Waals surface area contributed by atoms with E-state index in [1.54, 1.807) is 8.80 Å². The highest BCUT2D eigenvalue weighted by Crippen LogP contribution is 2.38. The largest absolute Gasteiger partial charge is 0.268 e. The minimum absolute atomic E-state index is 0.0247. The molecule has 0 saturated heterocycles. The molecule has 0 amide bonds. The monoisotopic (exact) mass is 844 g/mol. The van der Waals surface area contributed by atoms with Crippen molar-refractivity contribution in [2.24, 2.45) is 0 Å². The second-order valence-corrected chi connectivity index (χ2v) is 16.8. The average molecular weight is 845 g/mol. The van der Waals surface area contributed by atoms with Crippen molar-refractivity contribution in [1.29, 1.82) is 0 Å². The highest BCUT2D eigenvalue weighted by molar-refractivity contribution is 6.20. The normalized spacial score (nSPS) is 11.8.